The molecule has 3 heterocycles. The number of para-hydroxylation sites is 1. The number of hydrogen-bond donors (Lipinski definition) is 2. The van der Waals surface area contributed by atoms with Gasteiger partial charge in [-0.3, -0.25) is 9.21 Å². The summed E-state index contributed by atoms with van der Waals surface area (Å²) < 4.78 is 71.3. The second-order valence-corrected chi connectivity index (χ2v) is 13.3. The number of sulfonamides is 1. The topological polar surface area (TPSA) is 121 Å². The predicted molar refractivity (Wildman–Crippen MR) is 156 cm³/mol. The van der Waals surface area contributed by atoms with E-state index in [2.05, 4.69) is 28.3 Å². The number of thiazole rings is 1. The smallest absolute Gasteiger partial charge is 0.475 e. The van der Waals surface area contributed by atoms with E-state index in [0.717, 1.165) is 35.8 Å². The van der Waals surface area contributed by atoms with Gasteiger partial charge in [-0.2, -0.15) is 13.2 Å². The minimum absolute atomic E-state index is 0.00682. The van der Waals surface area contributed by atoms with Gasteiger partial charge in [0.15, 0.2) is 0 Å². The summed E-state index contributed by atoms with van der Waals surface area (Å²) in [4.78, 5) is 17.0. The van der Waals surface area contributed by atoms with Crippen molar-refractivity contribution < 1.29 is 41.0 Å². The Labute approximate surface area is 250 Å². The van der Waals surface area contributed by atoms with Gasteiger partial charge in [0.25, 0.3) is 10.0 Å². The Hall–Kier alpha value is -2.76. The van der Waals surface area contributed by atoms with Gasteiger partial charge in [0.2, 0.25) is 0 Å². The van der Waals surface area contributed by atoms with Gasteiger partial charge in [-0.1, -0.05) is 18.2 Å². The number of nitrogens with one attached hydrogen (secondary N) is 1. The van der Waals surface area contributed by atoms with Crippen molar-refractivity contribution >= 4 is 50.0 Å². The summed E-state index contributed by atoms with van der Waals surface area (Å²) in [5.74, 6) is -2.76. The molecule has 0 spiro atoms. The number of fused-ring (bicyclic) bond motifs is 1. The molecule has 0 fully saturated rings. The molecule has 0 saturated carbocycles. The van der Waals surface area contributed by atoms with E-state index >= 15 is 0 Å². The Morgan fingerprint density at radius 3 is 2.57 bits per heavy atom. The highest BCUT2D eigenvalue weighted by molar-refractivity contribution is 7.94. The number of nitrogens with zero attached hydrogens (tertiary/aromatic N) is 3. The number of methoxy groups -OCH3 is 1. The molecule has 0 amide bonds. The highest BCUT2D eigenvalue weighted by Gasteiger charge is 2.38. The zero-order chi connectivity index (χ0) is 30.9. The lowest BCUT2D eigenvalue weighted by atomic mass is 10.1. The average molecular weight is 651 g/mol. The van der Waals surface area contributed by atoms with Crippen molar-refractivity contribution in [1.29, 1.82) is 0 Å². The van der Waals surface area contributed by atoms with Gasteiger partial charge in [-0.05, 0) is 37.0 Å². The first-order valence-corrected chi connectivity index (χ1v) is 16.0. The third-order valence-electron chi connectivity index (χ3n) is 6.04. The summed E-state index contributed by atoms with van der Waals surface area (Å²) in [6, 6.07) is 9.25. The van der Waals surface area contributed by atoms with Gasteiger partial charge >= 0.3 is 12.1 Å². The van der Waals surface area contributed by atoms with Crippen molar-refractivity contribution in [1.82, 2.24) is 9.88 Å². The molecule has 232 valence electrons. The summed E-state index contributed by atoms with van der Waals surface area (Å²) in [6.45, 7) is 5.37. The zero-order valence-electron chi connectivity index (χ0n) is 23.3. The Morgan fingerprint density at radius 2 is 1.95 bits per heavy atom. The molecule has 1 aliphatic rings. The molecule has 1 aromatic carbocycles. The van der Waals surface area contributed by atoms with E-state index in [1.807, 2.05) is 25.3 Å². The number of carboxylic acid groups (broad SMARTS) is 1. The van der Waals surface area contributed by atoms with E-state index in [-0.39, 0.29) is 12.6 Å². The third kappa shape index (κ3) is 8.87. The summed E-state index contributed by atoms with van der Waals surface area (Å²) in [5.41, 5.74) is 2.58. The molecule has 3 aromatic rings. The number of benzene rings is 1. The van der Waals surface area contributed by atoms with E-state index in [1.54, 1.807) is 36.0 Å². The van der Waals surface area contributed by atoms with Gasteiger partial charge in [-0.25, -0.2) is 18.2 Å². The molecule has 0 aliphatic carbocycles. The van der Waals surface area contributed by atoms with Crippen molar-refractivity contribution in [3.05, 3.63) is 57.4 Å². The number of carbonyl (C=O) groups is 1. The van der Waals surface area contributed by atoms with E-state index in [0.29, 0.717) is 29.7 Å². The SMILES string of the molecule is CCOCCN(c1cccc2c1NC(c1ncc(CN(C)CCOC)s1)C2)S(=O)(=O)c1cccs1.O=C(O)C(F)(F)F. The molecule has 1 atom stereocenters. The van der Waals surface area contributed by atoms with E-state index < -0.39 is 22.2 Å². The maximum absolute atomic E-state index is 13.5. The third-order valence-corrected chi connectivity index (χ3v) is 10.3. The van der Waals surface area contributed by atoms with Crippen molar-refractivity contribution in [3.63, 3.8) is 0 Å². The number of carboxylic acids is 1. The fourth-order valence-corrected chi connectivity index (χ4v) is 7.67. The van der Waals surface area contributed by atoms with Crippen molar-refractivity contribution in [3.8, 4) is 0 Å². The second kappa shape index (κ2) is 15.1. The highest BCUT2D eigenvalue weighted by atomic mass is 32.2. The van der Waals surface area contributed by atoms with Crippen LogP contribution < -0.4 is 9.62 Å². The first kappa shape index (κ1) is 33.7. The van der Waals surface area contributed by atoms with Crippen LogP contribution in [0.1, 0.15) is 28.4 Å². The quantitative estimate of drug-likeness (QED) is 0.250. The molecule has 42 heavy (non-hydrogen) atoms. The summed E-state index contributed by atoms with van der Waals surface area (Å²) in [5, 5.41) is 13.5. The fourth-order valence-electron chi connectivity index (χ4n) is 4.06. The second-order valence-electron chi connectivity index (χ2n) is 9.12. The van der Waals surface area contributed by atoms with Crippen LogP contribution in [0.15, 0.2) is 46.1 Å². The number of likely N-dealkylation sites (N-methyl/N-ethyl adjacent to an activating group) is 1. The van der Waals surface area contributed by atoms with Crippen molar-refractivity contribution in [2.24, 2.45) is 0 Å². The maximum Gasteiger partial charge on any atom is 0.490 e. The summed E-state index contributed by atoms with van der Waals surface area (Å²) >= 11 is 2.92. The van der Waals surface area contributed by atoms with Gasteiger partial charge in [0.05, 0.1) is 37.2 Å². The molecular weight excluding hydrogens is 618 g/mol. The lowest BCUT2D eigenvalue weighted by molar-refractivity contribution is -0.192. The average Bonchev–Trinajstić information content (AvgIpc) is 3.70. The molecule has 2 N–H and O–H groups in total. The van der Waals surface area contributed by atoms with Crippen LogP contribution in [-0.4, -0.2) is 82.6 Å². The van der Waals surface area contributed by atoms with Gasteiger partial charge < -0.3 is 19.9 Å². The van der Waals surface area contributed by atoms with Crippen molar-refractivity contribution in [2.75, 3.05) is 56.7 Å². The number of rotatable bonds is 13. The number of hydrogen-bond acceptors (Lipinski definition) is 10. The van der Waals surface area contributed by atoms with Crippen LogP contribution in [0.4, 0.5) is 24.5 Å². The lowest BCUT2D eigenvalue weighted by Crippen LogP contribution is -2.34. The van der Waals surface area contributed by atoms with Gasteiger partial charge in [0, 0.05) is 44.3 Å². The highest BCUT2D eigenvalue weighted by Crippen LogP contribution is 2.43. The van der Waals surface area contributed by atoms with E-state index in [9.17, 15) is 21.6 Å². The maximum atomic E-state index is 13.5. The number of aliphatic carboxylic acids is 1. The summed E-state index contributed by atoms with van der Waals surface area (Å²) in [7, 11) is 0.0680. The number of aromatic nitrogens is 1. The van der Waals surface area contributed by atoms with Crippen LogP contribution in [0, 0.1) is 0 Å². The predicted octanol–water partition coefficient (Wildman–Crippen LogP) is 4.86. The van der Waals surface area contributed by atoms with Crippen LogP contribution in [0.3, 0.4) is 0 Å². The van der Waals surface area contributed by atoms with Crippen LogP contribution in [-0.2, 0) is 37.3 Å². The molecule has 0 bridgehead atoms. The Kier molecular flexibility index (Phi) is 12.1. The molecule has 4 rings (SSSR count). The number of thiophene rings is 1. The number of alkyl halides is 3. The van der Waals surface area contributed by atoms with Crippen LogP contribution in [0.25, 0.3) is 0 Å². The fraction of sp³-hybridized carbons (Fsp3) is 0.462. The minimum Gasteiger partial charge on any atom is -0.475 e. The van der Waals surface area contributed by atoms with Crippen LogP contribution >= 0.6 is 22.7 Å². The zero-order valence-corrected chi connectivity index (χ0v) is 25.7. The minimum atomic E-state index is -5.08. The molecule has 10 nitrogen and oxygen atoms in total. The van der Waals surface area contributed by atoms with Gasteiger partial charge in [-0.15, -0.1) is 22.7 Å². The molecule has 1 aliphatic heterocycles. The number of halogens is 3. The molecular formula is C26H33F3N4O6S3. The van der Waals surface area contributed by atoms with Crippen molar-refractivity contribution in [2.45, 2.75) is 36.3 Å². The summed E-state index contributed by atoms with van der Waals surface area (Å²) in [6.07, 6.45) is -2.39. The largest absolute Gasteiger partial charge is 0.490 e. The van der Waals surface area contributed by atoms with Crippen LogP contribution in [0.2, 0.25) is 0 Å². The molecule has 0 saturated heterocycles. The molecule has 16 heteroatoms. The molecule has 0 radical (unpaired) electrons. The van der Waals surface area contributed by atoms with Gasteiger partial charge in [0.1, 0.15) is 9.22 Å². The number of anilines is 2. The molecule has 1 unspecified atom stereocenters. The Balaban J connectivity index is 0.000000616. The first-order chi connectivity index (χ1) is 19.9. The monoisotopic (exact) mass is 650 g/mol. The standard InChI is InChI=1S/C24H32N4O4S3.C2HF3O2/c1-4-32-13-11-28(35(29,30)22-9-6-14-33-22)21-8-5-7-18-15-20(26-23(18)21)24-25-16-19(34-24)17-27(2)10-12-31-3;3-2(4,5)1(6)7/h5-9,14,16,20,26H,4,10-13,15,17H2,1-3H3;(H,6,7). The van der Waals surface area contributed by atoms with E-state index in [4.69, 9.17) is 19.4 Å². The van der Waals surface area contributed by atoms with Crippen LogP contribution in [0.5, 0.6) is 0 Å². The van der Waals surface area contributed by atoms with E-state index in [1.165, 1.54) is 20.5 Å². The Morgan fingerprint density at radius 1 is 1.21 bits per heavy atom. The first-order valence-electron chi connectivity index (χ1n) is 12.8. The molecule has 2 aromatic heterocycles. The lowest BCUT2D eigenvalue weighted by Gasteiger charge is -2.26. The normalized spacial score (nSPS) is 14.7. The number of ether oxygens (including phenoxy) is 2. The Bertz CT molecular complexity index is 1400.